The minimum atomic E-state index is -0.898. The van der Waals surface area contributed by atoms with Gasteiger partial charge in [-0.3, -0.25) is 9.89 Å². The molecule has 0 bridgehead atoms. The molecule has 7 nitrogen and oxygen atoms in total. The van der Waals surface area contributed by atoms with E-state index in [1.54, 1.807) is 12.1 Å². The van der Waals surface area contributed by atoms with E-state index in [-0.39, 0.29) is 0 Å². The fourth-order valence-electron chi connectivity index (χ4n) is 2.98. The van der Waals surface area contributed by atoms with E-state index in [2.05, 4.69) is 15.5 Å². The van der Waals surface area contributed by atoms with Gasteiger partial charge in [-0.1, -0.05) is 13.8 Å². The number of rotatable bonds is 5. The SMILES string of the molecule is CCC1=C(CC)c2cc(Nc3[nH]ncc3C(N)=O)ccc2OB1O. The van der Waals surface area contributed by atoms with Crippen LogP contribution in [0.1, 0.15) is 42.6 Å². The molecule has 0 spiro atoms. The Hall–Kier alpha value is -2.74. The van der Waals surface area contributed by atoms with E-state index >= 15 is 0 Å². The lowest BCUT2D eigenvalue weighted by atomic mass is 9.70. The number of allylic oxidation sites excluding steroid dienone is 2. The average Bonchev–Trinajstić information content (AvgIpc) is 3.02. The predicted molar refractivity (Wildman–Crippen MR) is 92.9 cm³/mol. The third kappa shape index (κ3) is 2.76. The number of aromatic nitrogens is 2. The van der Waals surface area contributed by atoms with Gasteiger partial charge >= 0.3 is 7.12 Å². The van der Waals surface area contributed by atoms with E-state index < -0.39 is 13.0 Å². The molecule has 1 amide bonds. The highest BCUT2D eigenvalue weighted by atomic mass is 16.5. The summed E-state index contributed by atoms with van der Waals surface area (Å²) >= 11 is 0. The van der Waals surface area contributed by atoms with Gasteiger partial charge in [0.15, 0.2) is 0 Å². The number of fused-ring (bicyclic) bond motifs is 1. The largest absolute Gasteiger partial charge is 0.556 e. The van der Waals surface area contributed by atoms with Gasteiger partial charge in [0.05, 0.1) is 6.20 Å². The van der Waals surface area contributed by atoms with Crippen molar-refractivity contribution in [1.29, 1.82) is 0 Å². The van der Waals surface area contributed by atoms with E-state index in [4.69, 9.17) is 10.4 Å². The lowest BCUT2D eigenvalue weighted by Gasteiger charge is -2.25. The molecule has 124 valence electrons. The van der Waals surface area contributed by atoms with Crippen LogP contribution < -0.4 is 15.7 Å². The summed E-state index contributed by atoms with van der Waals surface area (Å²) in [5.74, 6) is 0.525. The van der Waals surface area contributed by atoms with Gasteiger partial charge in [0.1, 0.15) is 17.1 Å². The summed E-state index contributed by atoms with van der Waals surface area (Å²) in [6, 6.07) is 5.53. The topological polar surface area (TPSA) is 113 Å². The number of nitrogens with zero attached hydrogens (tertiary/aromatic N) is 1. The summed E-state index contributed by atoms with van der Waals surface area (Å²) in [6.45, 7) is 4.04. The Labute approximate surface area is 140 Å². The average molecular weight is 326 g/mol. The van der Waals surface area contributed by atoms with Crippen LogP contribution in [-0.2, 0) is 0 Å². The lowest BCUT2D eigenvalue weighted by molar-refractivity contribution is 0.100. The van der Waals surface area contributed by atoms with Gasteiger partial charge < -0.3 is 20.7 Å². The first-order valence-electron chi connectivity index (χ1n) is 7.86. The van der Waals surface area contributed by atoms with Gasteiger partial charge in [0.25, 0.3) is 5.91 Å². The summed E-state index contributed by atoms with van der Waals surface area (Å²) in [6.07, 6.45) is 2.89. The number of hydrogen-bond donors (Lipinski definition) is 4. The normalized spacial score (nSPS) is 13.5. The van der Waals surface area contributed by atoms with Gasteiger partial charge in [0.2, 0.25) is 0 Å². The molecule has 24 heavy (non-hydrogen) atoms. The molecule has 1 aliphatic heterocycles. The second-order valence-electron chi connectivity index (χ2n) is 5.54. The van der Waals surface area contributed by atoms with Gasteiger partial charge in [-0.05, 0) is 42.1 Å². The molecular formula is C16H19BN4O3. The van der Waals surface area contributed by atoms with E-state index in [1.165, 1.54) is 6.20 Å². The minimum absolute atomic E-state index is 0.292. The van der Waals surface area contributed by atoms with Crippen molar-refractivity contribution in [2.75, 3.05) is 5.32 Å². The Kier molecular flexibility index (Phi) is 4.31. The minimum Gasteiger partial charge on any atom is -0.532 e. The molecular weight excluding hydrogens is 307 g/mol. The van der Waals surface area contributed by atoms with Crippen LogP contribution in [0.4, 0.5) is 11.5 Å². The maximum absolute atomic E-state index is 11.4. The van der Waals surface area contributed by atoms with Crippen LogP contribution in [0, 0.1) is 0 Å². The van der Waals surface area contributed by atoms with Gasteiger partial charge in [-0.25, -0.2) is 0 Å². The second kappa shape index (κ2) is 6.41. The third-order valence-corrected chi connectivity index (χ3v) is 4.14. The van der Waals surface area contributed by atoms with Crippen LogP contribution in [0.25, 0.3) is 5.57 Å². The van der Waals surface area contributed by atoms with Crippen molar-refractivity contribution < 1.29 is 14.5 Å². The molecule has 1 aromatic carbocycles. The molecule has 2 aromatic rings. The fourth-order valence-corrected chi connectivity index (χ4v) is 2.98. The summed E-state index contributed by atoms with van der Waals surface area (Å²) in [4.78, 5) is 11.4. The van der Waals surface area contributed by atoms with Gasteiger partial charge in [0, 0.05) is 11.3 Å². The van der Waals surface area contributed by atoms with Crippen molar-refractivity contribution in [2.45, 2.75) is 26.7 Å². The number of nitrogens with two attached hydrogens (primary N) is 1. The first kappa shape index (κ1) is 16.1. The first-order valence-corrected chi connectivity index (χ1v) is 7.86. The van der Waals surface area contributed by atoms with E-state index in [1.807, 2.05) is 19.9 Å². The van der Waals surface area contributed by atoms with Crippen molar-refractivity contribution >= 4 is 30.1 Å². The number of benzene rings is 1. The van der Waals surface area contributed by atoms with Crippen molar-refractivity contribution in [3.05, 3.63) is 41.0 Å². The van der Waals surface area contributed by atoms with Crippen molar-refractivity contribution in [1.82, 2.24) is 10.2 Å². The molecule has 1 aromatic heterocycles. The molecule has 8 heteroatoms. The molecule has 2 heterocycles. The monoisotopic (exact) mass is 326 g/mol. The Bertz CT molecular complexity index is 815. The quantitative estimate of drug-likeness (QED) is 0.629. The Morgan fingerprint density at radius 3 is 2.88 bits per heavy atom. The molecule has 3 rings (SSSR count). The maximum atomic E-state index is 11.4. The van der Waals surface area contributed by atoms with Crippen LogP contribution in [0.5, 0.6) is 5.75 Å². The predicted octanol–water partition coefficient (Wildman–Crippen LogP) is 2.24. The van der Waals surface area contributed by atoms with Crippen LogP contribution in [-0.4, -0.2) is 28.2 Å². The molecule has 0 radical (unpaired) electrons. The number of H-pyrrole nitrogens is 1. The third-order valence-electron chi connectivity index (χ3n) is 4.14. The zero-order chi connectivity index (χ0) is 17.3. The number of aromatic amines is 1. The molecule has 0 aliphatic carbocycles. The van der Waals surface area contributed by atoms with E-state index in [0.29, 0.717) is 23.6 Å². The van der Waals surface area contributed by atoms with Crippen LogP contribution in [0.15, 0.2) is 29.9 Å². The maximum Gasteiger partial charge on any atom is 0.556 e. The van der Waals surface area contributed by atoms with Crippen molar-refractivity contribution in [2.24, 2.45) is 5.73 Å². The highest BCUT2D eigenvalue weighted by Crippen LogP contribution is 2.39. The number of carbonyl (C=O) groups is 1. The smallest absolute Gasteiger partial charge is 0.532 e. The van der Waals surface area contributed by atoms with Gasteiger partial charge in [-0.2, -0.15) is 5.10 Å². The highest BCUT2D eigenvalue weighted by Gasteiger charge is 2.30. The Morgan fingerprint density at radius 1 is 1.42 bits per heavy atom. The summed E-state index contributed by atoms with van der Waals surface area (Å²) < 4.78 is 5.60. The highest BCUT2D eigenvalue weighted by molar-refractivity contribution is 6.55. The molecule has 0 unspecified atom stereocenters. The molecule has 0 saturated carbocycles. The number of anilines is 2. The molecule has 0 atom stereocenters. The first-order chi connectivity index (χ1) is 11.5. The summed E-state index contributed by atoms with van der Waals surface area (Å²) in [5.41, 5.74) is 9.29. The Balaban J connectivity index is 1.99. The van der Waals surface area contributed by atoms with E-state index in [9.17, 15) is 9.82 Å². The molecule has 5 N–H and O–H groups in total. The molecule has 0 saturated heterocycles. The number of primary amides is 1. The van der Waals surface area contributed by atoms with E-state index in [0.717, 1.165) is 28.7 Å². The number of amides is 1. The molecule has 1 aliphatic rings. The summed E-state index contributed by atoms with van der Waals surface area (Å²) in [5, 5.41) is 19.8. The number of carbonyl (C=O) groups excluding carboxylic acids is 1. The zero-order valence-electron chi connectivity index (χ0n) is 13.6. The molecule has 0 fully saturated rings. The standard InChI is InChI=1S/C16H19BN4O3/c1-3-10-11-7-9(20-16-12(15(18)22)8-19-21-16)5-6-14(11)24-17(23)13(10)4-2/h5-8,23H,3-4H2,1-2H3,(H2,18,22)(H2,19,20,21). The number of nitrogens with one attached hydrogen (secondary N) is 2. The van der Waals surface area contributed by atoms with Crippen LogP contribution >= 0.6 is 0 Å². The van der Waals surface area contributed by atoms with Crippen molar-refractivity contribution in [3.63, 3.8) is 0 Å². The number of hydrogen-bond acceptors (Lipinski definition) is 5. The fraction of sp³-hybridized carbons (Fsp3) is 0.250. The lowest BCUT2D eigenvalue weighted by Crippen LogP contribution is -2.29. The Morgan fingerprint density at radius 2 is 2.21 bits per heavy atom. The van der Waals surface area contributed by atoms with Crippen LogP contribution in [0.2, 0.25) is 0 Å². The summed E-state index contributed by atoms with van der Waals surface area (Å²) in [7, 11) is -0.898. The second-order valence-corrected chi connectivity index (χ2v) is 5.54. The van der Waals surface area contributed by atoms with Gasteiger partial charge in [-0.15, -0.1) is 0 Å². The zero-order valence-corrected chi connectivity index (χ0v) is 13.6. The van der Waals surface area contributed by atoms with Crippen LogP contribution in [0.3, 0.4) is 0 Å². The van der Waals surface area contributed by atoms with Crippen molar-refractivity contribution in [3.8, 4) is 5.75 Å².